The van der Waals surface area contributed by atoms with E-state index < -0.39 is 6.04 Å². The van der Waals surface area contributed by atoms with Crippen LogP contribution in [-0.2, 0) is 9.53 Å². The number of nitrogens with zero attached hydrogens (tertiary/aromatic N) is 1. The summed E-state index contributed by atoms with van der Waals surface area (Å²) in [5, 5.41) is 3.10. The number of hydrogen-bond donors (Lipinski definition) is 1. The van der Waals surface area contributed by atoms with Gasteiger partial charge in [-0.05, 0) is 19.9 Å². The summed E-state index contributed by atoms with van der Waals surface area (Å²) in [6.07, 6.45) is 1.48. The van der Waals surface area contributed by atoms with Crippen molar-refractivity contribution in [2.24, 2.45) is 0 Å². The molecule has 0 bridgehead atoms. The Hall–Kier alpha value is -1.82. The molecule has 1 aromatic rings. The van der Waals surface area contributed by atoms with Crippen molar-refractivity contribution in [3.8, 4) is 0 Å². The zero-order chi connectivity index (χ0) is 13.8. The summed E-state index contributed by atoms with van der Waals surface area (Å²) in [7, 11) is 0. The Morgan fingerprint density at radius 3 is 3.00 bits per heavy atom. The van der Waals surface area contributed by atoms with Gasteiger partial charge in [-0.25, -0.2) is 4.79 Å². The summed E-state index contributed by atoms with van der Waals surface area (Å²) in [4.78, 5) is 25.9. The van der Waals surface area contributed by atoms with Gasteiger partial charge in [0.05, 0.1) is 18.4 Å². The summed E-state index contributed by atoms with van der Waals surface area (Å²) in [5.41, 5.74) is 0.496. The predicted octanol–water partition coefficient (Wildman–Crippen LogP) is 0.565. The molecule has 0 spiro atoms. The second-order valence-corrected chi connectivity index (χ2v) is 4.36. The summed E-state index contributed by atoms with van der Waals surface area (Å²) in [6.45, 7) is 5.35. The molecule has 6 nitrogen and oxygen atoms in total. The fraction of sp³-hybridized carbons (Fsp3) is 0.538. The van der Waals surface area contributed by atoms with Gasteiger partial charge in [-0.3, -0.25) is 4.79 Å². The van der Waals surface area contributed by atoms with Crippen molar-refractivity contribution in [2.75, 3.05) is 26.2 Å². The highest BCUT2D eigenvalue weighted by Gasteiger charge is 2.34. The molecule has 1 aromatic heterocycles. The second-order valence-electron chi connectivity index (χ2n) is 4.36. The smallest absolute Gasteiger partial charge is 0.330 e. The van der Waals surface area contributed by atoms with Crippen LogP contribution < -0.4 is 5.32 Å². The minimum atomic E-state index is -0.574. The Balaban J connectivity index is 2.18. The zero-order valence-corrected chi connectivity index (χ0v) is 11.1. The molecule has 1 aliphatic heterocycles. The van der Waals surface area contributed by atoms with Crippen LogP contribution in [0.3, 0.4) is 0 Å². The highest BCUT2D eigenvalue weighted by atomic mass is 16.5. The van der Waals surface area contributed by atoms with Crippen molar-refractivity contribution in [2.45, 2.75) is 19.9 Å². The Labute approximate surface area is 111 Å². The van der Waals surface area contributed by atoms with E-state index in [9.17, 15) is 9.59 Å². The molecule has 1 amide bonds. The number of carbonyl (C=O) groups is 2. The first-order valence-corrected chi connectivity index (χ1v) is 6.37. The standard InChI is InChI=1S/C13H18N2O4/c1-3-18-13(17)11-8-14-5-6-15(11)12(16)10-4-7-19-9(10)2/h4,7,11,14H,3,5-6,8H2,1-2H3. The number of aryl methyl sites for hydroxylation is 1. The lowest BCUT2D eigenvalue weighted by Gasteiger charge is -2.34. The van der Waals surface area contributed by atoms with Gasteiger partial charge in [-0.15, -0.1) is 0 Å². The third kappa shape index (κ3) is 2.78. The van der Waals surface area contributed by atoms with E-state index in [1.807, 2.05) is 0 Å². The molecule has 1 fully saturated rings. The van der Waals surface area contributed by atoms with Crippen LogP contribution in [0.2, 0.25) is 0 Å². The fourth-order valence-electron chi connectivity index (χ4n) is 2.16. The molecule has 19 heavy (non-hydrogen) atoms. The molecule has 6 heteroatoms. The summed E-state index contributed by atoms with van der Waals surface area (Å²) in [6, 6.07) is 1.05. The third-order valence-corrected chi connectivity index (χ3v) is 3.15. The Bertz CT molecular complexity index is 469. The van der Waals surface area contributed by atoms with E-state index in [4.69, 9.17) is 9.15 Å². The fourth-order valence-corrected chi connectivity index (χ4v) is 2.16. The number of ether oxygens (including phenoxy) is 1. The van der Waals surface area contributed by atoms with Gasteiger partial charge in [-0.1, -0.05) is 0 Å². The molecule has 0 aromatic carbocycles. The van der Waals surface area contributed by atoms with Gasteiger partial charge in [0, 0.05) is 19.6 Å². The van der Waals surface area contributed by atoms with E-state index in [1.165, 1.54) is 6.26 Å². The number of amides is 1. The number of furan rings is 1. The summed E-state index contributed by atoms with van der Waals surface area (Å²) >= 11 is 0. The number of piperazine rings is 1. The summed E-state index contributed by atoms with van der Waals surface area (Å²) < 4.78 is 10.2. The normalized spacial score (nSPS) is 19.3. The lowest BCUT2D eigenvalue weighted by Crippen LogP contribution is -2.57. The van der Waals surface area contributed by atoms with Gasteiger partial charge in [0.2, 0.25) is 0 Å². The molecular weight excluding hydrogens is 248 g/mol. The topological polar surface area (TPSA) is 71.8 Å². The monoisotopic (exact) mass is 266 g/mol. The van der Waals surface area contributed by atoms with Crippen LogP contribution in [0.15, 0.2) is 16.7 Å². The van der Waals surface area contributed by atoms with Crippen LogP contribution >= 0.6 is 0 Å². The molecule has 0 saturated carbocycles. The van der Waals surface area contributed by atoms with E-state index in [0.717, 1.165) is 0 Å². The number of hydrogen-bond acceptors (Lipinski definition) is 5. The van der Waals surface area contributed by atoms with E-state index in [0.29, 0.717) is 37.6 Å². The first kappa shape index (κ1) is 13.6. The molecule has 1 atom stereocenters. The number of nitrogens with one attached hydrogen (secondary N) is 1. The van der Waals surface area contributed by atoms with Crippen molar-refractivity contribution in [3.63, 3.8) is 0 Å². The van der Waals surface area contributed by atoms with Gasteiger partial charge >= 0.3 is 5.97 Å². The van der Waals surface area contributed by atoms with Crippen molar-refractivity contribution < 1.29 is 18.7 Å². The Kier molecular flexibility index (Phi) is 4.21. The molecule has 2 rings (SSSR count). The molecule has 104 valence electrons. The molecule has 0 radical (unpaired) electrons. The van der Waals surface area contributed by atoms with Crippen molar-refractivity contribution in [1.29, 1.82) is 0 Å². The van der Waals surface area contributed by atoms with Crippen molar-refractivity contribution in [3.05, 3.63) is 23.7 Å². The van der Waals surface area contributed by atoms with E-state index in [1.54, 1.807) is 24.8 Å². The minimum absolute atomic E-state index is 0.189. The minimum Gasteiger partial charge on any atom is -0.469 e. The average Bonchev–Trinajstić information content (AvgIpc) is 2.84. The van der Waals surface area contributed by atoms with Gasteiger partial charge in [0.1, 0.15) is 11.8 Å². The lowest BCUT2D eigenvalue weighted by molar-refractivity contribution is -0.149. The summed E-state index contributed by atoms with van der Waals surface area (Å²) in [5.74, 6) is 0.00106. The van der Waals surface area contributed by atoms with Gasteiger partial charge in [0.15, 0.2) is 0 Å². The van der Waals surface area contributed by atoms with Crippen LogP contribution in [0.5, 0.6) is 0 Å². The van der Waals surface area contributed by atoms with Crippen molar-refractivity contribution in [1.82, 2.24) is 10.2 Å². The first-order chi connectivity index (χ1) is 9.15. The molecule has 1 N–H and O–H groups in total. The van der Waals surface area contributed by atoms with Gasteiger partial charge in [0.25, 0.3) is 5.91 Å². The Morgan fingerprint density at radius 2 is 2.37 bits per heavy atom. The maximum Gasteiger partial charge on any atom is 0.330 e. The highest BCUT2D eigenvalue weighted by Crippen LogP contribution is 2.16. The van der Waals surface area contributed by atoms with Crippen LogP contribution in [0, 0.1) is 6.92 Å². The predicted molar refractivity (Wildman–Crippen MR) is 67.8 cm³/mol. The quantitative estimate of drug-likeness (QED) is 0.810. The van der Waals surface area contributed by atoms with Crippen LogP contribution in [0.1, 0.15) is 23.0 Å². The Morgan fingerprint density at radius 1 is 1.58 bits per heavy atom. The van der Waals surface area contributed by atoms with E-state index in [-0.39, 0.29) is 11.9 Å². The van der Waals surface area contributed by atoms with Crippen LogP contribution in [0.25, 0.3) is 0 Å². The van der Waals surface area contributed by atoms with Crippen molar-refractivity contribution >= 4 is 11.9 Å². The first-order valence-electron chi connectivity index (χ1n) is 6.37. The van der Waals surface area contributed by atoms with Crippen LogP contribution in [-0.4, -0.2) is 49.1 Å². The highest BCUT2D eigenvalue weighted by molar-refractivity contribution is 5.97. The molecule has 2 heterocycles. The number of rotatable bonds is 3. The third-order valence-electron chi connectivity index (χ3n) is 3.15. The maximum atomic E-state index is 12.4. The molecule has 0 aliphatic carbocycles. The molecular formula is C13H18N2O4. The lowest BCUT2D eigenvalue weighted by atomic mass is 10.1. The average molecular weight is 266 g/mol. The molecule has 1 saturated heterocycles. The van der Waals surface area contributed by atoms with Gasteiger partial charge < -0.3 is 19.4 Å². The maximum absolute atomic E-state index is 12.4. The van der Waals surface area contributed by atoms with E-state index in [2.05, 4.69) is 5.32 Å². The van der Waals surface area contributed by atoms with Crippen LogP contribution in [0.4, 0.5) is 0 Å². The van der Waals surface area contributed by atoms with Gasteiger partial charge in [-0.2, -0.15) is 0 Å². The second kappa shape index (κ2) is 5.88. The zero-order valence-electron chi connectivity index (χ0n) is 11.1. The number of carbonyl (C=O) groups excluding carboxylic acids is 2. The number of esters is 1. The largest absolute Gasteiger partial charge is 0.469 e. The van der Waals surface area contributed by atoms with E-state index >= 15 is 0 Å². The SMILES string of the molecule is CCOC(=O)C1CNCCN1C(=O)c1ccoc1C. The molecule has 1 aliphatic rings. The molecule has 1 unspecified atom stereocenters.